The van der Waals surface area contributed by atoms with Crippen LogP contribution < -0.4 is 5.32 Å². The third kappa shape index (κ3) is 4.83. The number of nitrogens with one attached hydrogen (secondary N) is 1. The van der Waals surface area contributed by atoms with E-state index >= 15 is 0 Å². The number of amides is 1. The molecule has 1 rings (SSSR count). The van der Waals surface area contributed by atoms with Crippen LogP contribution in [-0.2, 0) is 9.84 Å². The van der Waals surface area contributed by atoms with Gasteiger partial charge >= 0.3 is 0 Å². The highest BCUT2D eigenvalue weighted by Gasteiger charge is 2.08. The lowest BCUT2D eigenvalue weighted by atomic mass is 10.1. The monoisotopic (exact) mass is 273 g/mol. The van der Waals surface area contributed by atoms with Gasteiger partial charge in [-0.25, -0.2) is 12.8 Å². The van der Waals surface area contributed by atoms with Crippen LogP contribution in [0.4, 0.5) is 4.39 Å². The van der Waals surface area contributed by atoms with E-state index in [4.69, 9.17) is 0 Å². The Morgan fingerprint density at radius 2 is 2.06 bits per heavy atom. The molecule has 0 saturated heterocycles. The average Bonchev–Trinajstić information content (AvgIpc) is 2.26. The van der Waals surface area contributed by atoms with E-state index in [-0.39, 0.29) is 17.9 Å². The molecule has 0 aliphatic heterocycles. The van der Waals surface area contributed by atoms with Crippen LogP contribution in [0.3, 0.4) is 0 Å². The maximum atomic E-state index is 13.2. The molecule has 1 aromatic rings. The van der Waals surface area contributed by atoms with E-state index in [0.29, 0.717) is 12.0 Å². The largest absolute Gasteiger partial charge is 0.352 e. The quantitative estimate of drug-likeness (QED) is 0.822. The number of benzene rings is 1. The fraction of sp³-hybridized carbons (Fsp3) is 0.417. The van der Waals surface area contributed by atoms with Crippen LogP contribution in [0.25, 0.3) is 0 Å². The van der Waals surface area contributed by atoms with Crippen molar-refractivity contribution in [3.8, 4) is 0 Å². The first kappa shape index (κ1) is 14.6. The Bertz CT molecular complexity index is 540. The first-order valence-electron chi connectivity index (χ1n) is 5.51. The van der Waals surface area contributed by atoms with Crippen LogP contribution >= 0.6 is 0 Å². The van der Waals surface area contributed by atoms with Crippen molar-refractivity contribution >= 4 is 15.7 Å². The van der Waals surface area contributed by atoms with Crippen LogP contribution in [0.2, 0.25) is 0 Å². The maximum Gasteiger partial charge on any atom is 0.251 e. The van der Waals surface area contributed by atoms with Gasteiger partial charge in [-0.1, -0.05) is 6.07 Å². The minimum Gasteiger partial charge on any atom is -0.352 e. The molecular weight excluding hydrogens is 257 g/mol. The van der Waals surface area contributed by atoms with Crippen LogP contribution in [0.5, 0.6) is 0 Å². The summed E-state index contributed by atoms with van der Waals surface area (Å²) in [5, 5.41) is 2.55. The fourth-order valence-corrected chi connectivity index (χ4v) is 2.04. The van der Waals surface area contributed by atoms with Gasteiger partial charge in [0.2, 0.25) is 0 Å². The van der Waals surface area contributed by atoms with E-state index in [9.17, 15) is 17.6 Å². The highest BCUT2D eigenvalue weighted by Crippen LogP contribution is 2.08. The van der Waals surface area contributed by atoms with E-state index in [1.165, 1.54) is 18.2 Å². The highest BCUT2D eigenvalue weighted by atomic mass is 32.2. The molecule has 0 aliphatic carbocycles. The summed E-state index contributed by atoms with van der Waals surface area (Å²) in [4.78, 5) is 11.6. The van der Waals surface area contributed by atoms with Crippen molar-refractivity contribution in [1.29, 1.82) is 0 Å². The molecule has 0 bridgehead atoms. The van der Waals surface area contributed by atoms with Crippen molar-refractivity contribution in [2.75, 3.05) is 18.6 Å². The molecule has 4 nitrogen and oxygen atoms in total. The van der Waals surface area contributed by atoms with E-state index in [1.807, 2.05) is 0 Å². The summed E-state index contributed by atoms with van der Waals surface area (Å²) in [5.74, 6) is -0.809. The smallest absolute Gasteiger partial charge is 0.251 e. The van der Waals surface area contributed by atoms with Gasteiger partial charge in [0.25, 0.3) is 5.91 Å². The second-order valence-electron chi connectivity index (χ2n) is 4.20. The Morgan fingerprint density at radius 3 is 2.61 bits per heavy atom. The lowest BCUT2D eigenvalue weighted by Gasteiger charge is -2.05. The molecule has 0 aromatic heterocycles. The van der Waals surface area contributed by atoms with E-state index in [0.717, 1.165) is 6.26 Å². The molecule has 1 N–H and O–H groups in total. The molecule has 0 atom stereocenters. The average molecular weight is 273 g/mol. The topological polar surface area (TPSA) is 63.2 Å². The predicted octanol–water partition coefficient (Wildman–Crippen LogP) is 1.30. The Hall–Kier alpha value is -1.43. The summed E-state index contributed by atoms with van der Waals surface area (Å²) in [6.45, 7) is 1.87. The van der Waals surface area contributed by atoms with Gasteiger partial charge in [0.1, 0.15) is 15.7 Å². The SMILES string of the molecule is Cc1ccc(C(=O)NCCCS(C)(=O)=O)cc1F. The first-order valence-corrected chi connectivity index (χ1v) is 7.58. The number of carbonyl (C=O) groups excluding carboxylic acids is 1. The molecule has 1 amide bonds. The predicted molar refractivity (Wildman–Crippen MR) is 67.8 cm³/mol. The third-order valence-corrected chi connectivity index (χ3v) is 3.44. The summed E-state index contributed by atoms with van der Waals surface area (Å²) < 4.78 is 35.0. The van der Waals surface area contributed by atoms with Crippen molar-refractivity contribution in [3.63, 3.8) is 0 Å². The second kappa shape index (κ2) is 5.95. The molecule has 0 unspecified atom stereocenters. The summed E-state index contributed by atoms with van der Waals surface area (Å²) >= 11 is 0. The number of rotatable bonds is 5. The van der Waals surface area contributed by atoms with Crippen LogP contribution in [0, 0.1) is 12.7 Å². The van der Waals surface area contributed by atoms with E-state index < -0.39 is 21.6 Å². The zero-order valence-electron chi connectivity index (χ0n) is 10.4. The van der Waals surface area contributed by atoms with Gasteiger partial charge in [0.15, 0.2) is 0 Å². The molecule has 0 spiro atoms. The molecule has 0 aliphatic rings. The molecule has 0 fully saturated rings. The first-order chi connectivity index (χ1) is 8.29. The van der Waals surface area contributed by atoms with Crippen molar-refractivity contribution < 1.29 is 17.6 Å². The molecule has 6 heteroatoms. The number of carbonyl (C=O) groups is 1. The molecule has 100 valence electrons. The van der Waals surface area contributed by atoms with Gasteiger partial charge in [0, 0.05) is 18.4 Å². The Morgan fingerprint density at radius 1 is 1.39 bits per heavy atom. The van der Waals surface area contributed by atoms with E-state index in [2.05, 4.69) is 5.32 Å². The highest BCUT2D eigenvalue weighted by molar-refractivity contribution is 7.90. The second-order valence-corrected chi connectivity index (χ2v) is 6.46. The van der Waals surface area contributed by atoms with Gasteiger partial charge in [0.05, 0.1) is 5.75 Å². The summed E-state index contributed by atoms with van der Waals surface area (Å²) in [5.41, 5.74) is 0.709. The van der Waals surface area contributed by atoms with Gasteiger partial charge in [-0.05, 0) is 31.0 Å². The maximum absolute atomic E-state index is 13.2. The van der Waals surface area contributed by atoms with Crippen molar-refractivity contribution in [1.82, 2.24) is 5.32 Å². The van der Waals surface area contributed by atoms with Crippen molar-refractivity contribution in [2.45, 2.75) is 13.3 Å². The number of sulfone groups is 1. The molecule has 0 radical (unpaired) electrons. The van der Waals surface area contributed by atoms with Crippen LogP contribution in [0.1, 0.15) is 22.3 Å². The summed E-state index contributed by atoms with van der Waals surface area (Å²) in [7, 11) is -3.01. The normalized spacial score (nSPS) is 11.3. The molecule has 18 heavy (non-hydrogen) atoms. The lowest BCUT2D eigenvalue weighted by molar-refractivity contribution is 0.0953. The minimum absolute atomic E-state index is 0.0234. The van der Waals surface area contributed by atoms with Gasteiger partial charge in [-0.2, -0.15) is 0 Å². The van der Waals surface area contributed by atoms with Crippen LogP contribution in [-0.4, -0.2) is 32.9 Å². The summed E-state index contributed by atoms with van der Waals surface area (Å²) in [6.07, 6.45) is 1.49. The Kier molecular flexibility index (Phi) is 4.84. The van der Waals surface area contributed by atoms with Crippen molar-refractivity contribution in [2.24, 2.45) is 0 Å². The molecule has 0 heterocycles. The molecular formula is C12H16FNO3S. The Balaban J connectivity index is 2.48. The van der Waals surface area contributed by atoms with Gasteiger partial charge < -0.3 is 5.32 Å². The third-order valence-electron chi connectivity index (χ3n) is 2.41. The number of hydrogen-bond acceptors (Lipinski definition) is 3. The standard InChI is InChI=1S/C12H16FNO3S/c1-9-4-5-10(8-11(9)13)12(15)14-6-3-7-18(2,16)17/h4-5,8H,3,6-7H2,1-2H3,(H,14,15). The fourth-order valence-electron chi connectivity index (χ4n) is 1.37. The molecule has 1 aromatic carbocycles. The lowest BCUT2D eigenvalue weighted by Crippen LogP contribution is -2.26. The minimum atomic E-state index is -3.01. The van der Waals surface area contributed by atoms with Crippen LogP contribution in [0.15, 0.2) is 18.2 Å². The number of halogens is 1. The zero-order chi connectivity index (χ0) is 13.8. The van der Waals surface area contributed by atoms with Gasteiger partial charge in [-0.15, -0.1) is 0 Å². The number of aryl methyl sites for hydroxylation is 1. The van der Waals surface area contributed by atoms with Gasteiger partial charge in [-0.3, -0.25) is 4.79 Å². The molecule has 0 saturated carbocycles. The summed E-state index contributed by atoms with van der Waals surface area (Å²) in [6, 6.07) is 4.23. The number of hydrogen-bond donors (Lipinski definition) is 1. The van der Waals surface area contributed by atoms with Crippen molar-refractivity contribution in [3.05, 3.63) is 35.1 Å². The zero-order valence-corrected chi connectivity index (χ0v) is 11.2. The Labute approximate surface area is 106 Å². The van der Waals surface area contributed by atoms with E-state index in [1.54, 1.807) is 6.92 Å².